The Morgan fingerprint density at radius 3 is 2.81 bits per heavy atom. The lowest BCUT2D eigenvalue weighted by Crippen LogP contribution is -2.27. The molecule has 3 heterocycles. The molecule has 1 aliphatic heterocycles. The first-order valence-electron chi connectivity index (χ1n) is 10.5. The standard InChI is InChI=1S/C24H23N5O2S/c1-31-18-8-6-17(7-9-18)26-23(30)24-28-27-22(32-24)15-29-12-10-16(11-13-29)20-14-25-21-5-3-2-4-19(20)21/h2-10,14,25H,11-13,15H2,1H3,(H,26,30). The molecule has 0 bridgehead atoms. The summed E-state index contributed by atoms with van der Waals surface area (Å²) < 4.78 is 5.14. The number of hydrogen-bond donors (Lipinski definition) is 2. The fraction of sp³-hybridized carbons (Fsp3) is 0.208. The number of carbonyl (C=O) groups is 1. The lowest BCUT2D eigenvalue weighted by molar-refractivity contribution is 0.102. The van der Waals surface area contributed by atoms with Crippen molar-refractivity contribution in [3.63, 3.8) is 0 Å². The zero-order valence-electron chi connectivity index (χ0n) is 17.7. The van der Waals surface area contributed by atoms with E-state index < -0.39 is 0 Å². The zero-order valence-corrected chi connectivity index (χ0v) is 18.5. The number of rotatable bonds is 6. The molecule has 0 unspecified atom stereocenters. The number of hydrogen-bond acceptors (Lipinski definition) is 6. The Balaban J connectivity index is 1.20. The highest BCUT2D eigenvalue weighted by Crippen LogP contribution is 2.29. The van der Waals surface area contributed by atoms with Crippen LogP contribution in [-0.2, 0) is 6.54 Å². The van der Waals surface area contributed by atoms with E-state index in [1.165, 1.54) is 33.4 Å². The highest BCUT2D eigenvalue weighted by molar-refractivity contribution is 7.13. The van der Waals surface area contributed by atoms with Crippen LogP contribution >= 0.6 is 11.3 Å². The quantitative estimate of drug-likeness (QED) is 0.454. The second-order valence-corrected chi connectivity index (χ2v) is 8.71. The third kappa shape index (κ3) is 4.28. The minimum Gasteiger partial charge on any atom is -0.497 e. The predicted octanol–water partition coefficient (Wildman–Crippen LogP) is 4.57. The third-order valence-electron chi connectivity index (χ3n) is 5.60. The largest absolute Gasteiger partial charge is 0.497 e. The van der Waals surface area contributed by atoms with Gasteiger partial charge >= 0.3 is 0 Å². The van der Waals surface area contributed by atoms with Crippen LogP contribution in [0.15, 0.2) is 60.8 Å². The van der Waals surface area contributed by atoms with Crippen LogP contribution in [0.1, 0.15) is 26.8 Å². The third-order valence-corrected chi connectivity index (χ3v) is 6.50. The summed E-state index contributed by atoms with van der Waals surface area (Å²) in [4.78, 5) is 18.2. The van der Waals surface area contributed by atoms with Crippen molar-refractivity contribution >= 4 is 39.4 Å². The van der Waals surface area contributed by atoms with Crippen LogP contribution < -0.4 is 10.1 Å². The van der Waals surface area contributed by atoms with E-state index in [0.717, 1.165) is 30.3 Å². The van der Waals surface area contributed by atoms with Crippen molar-refractivity contribution in [2.45, 2.75) is 13.0 Å². The predicted molar refractivity (Wildman–Crippen MR) is 127 cm³/mol. The fourth-order valence-electron chi connectivity index (χ4n) is 3.90. The van der Waals surface area contributed by atoms with Crippen LogP contribution in [0.25, 0.3) is 16.5 Å². The molecule has 2 aromatic carbocycles. The molecular weight excluding hydrogens is 422 g/mol. The number of nitrogens with one attached hydrogen (secondary N) is 2. The van der Waals surface area contributed by atoms with E-state index in [4.69, 9.17) is 4.74 Å². The van der Waals surface area contributed by atoms with Gasteiger partial charge in [0.2, 0.25) is 5.01 Å². The van der Waals surface area contributed by atoms with Crippen LogP contribution in [0.4, 0.5) is 5.69 Å². The minimum atomic E-state index is -0.251. The molecule has 8 heteroatoms. The van der Waals surface area contributed by atoms with Gasteiger partial charge in [0.25, 0.3) is 5.91 Å². The van der Waals surface area contributed by atoms with Crippen molar-refractivity contribution in [1.82, 2.24) is 20.1 Å². The van der Waals surface area contributed by atoms with Crippen LogP contribution in [0.3, 0.4) is 0 Å². The summed E-state index contributed by atoms with van der Waals surface area (Å²) in [7, 11) is 1.61. The maximum Gasteiger partial charge on any atom is 0.286 e. The topological polar surface area (TPSA) is 83.1 Å². The van der Waals surface area contributed by atoms with E-state index in [1.807, 2.05) is 6.07 Å². The van der Waals surface area contributed by atoms with Gasteiger partial charge in [0.15, 0.2) is 0 Å². The van der Waals surface area contributed by atoms with Crippen molar-refractivity contribution in [2.24, 2.45) is 0 Å². The SMILES string of the molecule is COc1ccc(NC(=O)c2nnc(CN3CC=C(c4c[nH]c5ccccc45)CC3)s2)cc1. The smallest absolute Gasteiger partial charge is 0.286 e. The molecule has 1 amide bonds. The number of benzene rings is 2. The molecule has 1 aliphatic rings. The molecule has 0 saturated heterocycles. The Labute approximate surface area is 189 Å². The van der Waals surface area contributed by atoms with Gasteiger partial charge in [-0.1, -0.05) is 35.6 Å². The Morgan fingerprint density at radius 2 is 2.03 bits per heavy atom. The number of fused-ring (bicyclic) bond motifs is 1. The average molecular weight is 446 g/mol. The first-order valence-corrected chi connectivity index (χ1v) is 11.3. The Morgan fingerprint density at radius 1 is 1.19 bits per heavy atom. The fourth-order valence-corrected chi connectivity index (χ4v) is 4.67. The number of para-hydroxylation sites is 1. The summed E-state index contributed by atoms with van der Waals surface area (Å²) in [5.41, 5.74) is 4.52. The van der Waals surface area contributed by atoms with Gasteiger partial charge in [-0.15, -0.1) is 10.2 Å². The summed E-state index contributed by atoms with van der Waals surface area (Å²) in [6, 6.07) is 15.6. The number of methoxy groups -OCH3 is 1. The molecule has 0 saturated carbocycles. The number of carbonyl (C=O) groups excluding carboxylic acids is 1. The maximum atomic E-state index is 12.5. The van der Waals surface area contributed by atoms with Crippen molar-refractivity contribution in [3.8, 4) is 5.75 Å². The number of nitrogens with zero attached hydrogens (tertiary/aromatic N) is 3. The first-order chi connectivity index (χ1) is 15.7. The van der Waals surface area contributed by atoms with Gasteiger partial charge in [-0.25, -0.2) is 0 Å². The molecule has 32 heavy (non-hydrogen) atoms. The molecule has 7 nitrogen and oxygen atoms in total. The Kier molecular flexibility index (Phi) is 5.70. The number of anilines is 1. The summed E-state index contributed by atoms with van der Waals surface area (Å²) >= 11 is 1.34. The van der Waals surface area contributed by atoms with Gasteiger partial charge in [0.05, 0.1) is 13.7 Å². The summed E-state index contributed by atoms with van der Waals surface area (Å²) in [6.45, 7) is 2.48. The van der Waals surface area contributed by atoms with E-state index in [1.54, 1.807) is 31.4 Å². The summed E-state index contributed by atoms with van der Waals surface area (Å²) in [5.74, 6) is 0.490. The number of H-pyrrole nitrogens is 1. The highest BCUT2D eigenvalue weighted by atomic mass is 32.1. The molecule has 0 atom stereocenters. The molecule has 0 radical (unpaired) electrons. The summed E-state index contributed by atoms with van der Waals surface area (Å²) in [6.07, 6.45) is 5.37. The lowest BCUT2D eigenvalue weighted by atomic mass is 9.99. The van der Waals surface area contributed by atoms with Crippen molar-refractivity contribution < 1.29 is 9.53 Å². The van der Waals surface area contributed by atoms with Crippen LogP contribution in [0.2, 0.25) is 0 Å². The number of aromatic nitrogens is 3. The van der Waals surface area contributed by atoms with E-state index in [0.29, 0.717) is 17.2 Å². The van der Waals surface area contributed by atoms with Gasteiger partial charge in [-0.3, -0.25) is 9.69 Å². The molecule has 0 aliphatic carbocycles. The van der Waals surface area contributed by atoms with E-state index in [9.17, 15) is 4.79 Å². The van der Waals surface area contributed by atoms with Crippen molar-refractivity contribution in [2.75, 3.05) is 25.5 Å². The molecule has 2 N–H and O–H groups in total. The second-order valence-electron chi connectivity index (χ2n) is 7.65. The van der Waals surface area contributed by atoms with E-state index in [-0.39, 0.29) is 5.91 Å². The second kappa shape index (κ2) is 8.94. The van der Waals surface area contributed by atoms with E-state index in [2.05, 4.69) is 55.9 Å². The first kappa shape index (κ1) is 20.4. The molecule has 4 aromatic rings. The Bertz CT molecular complexity index is 1280. The number of aromatic amines is 1. The Hall–Kier alpha value is -3.49. The van der Waals surface area contributed by atoms with Gasteiger partial charge in [0.1, 0.15) is 10.8 Å². The van der Waals surface area contributed by atoms with Crippen molar-refractivity contribution in [1.29, 1.82) is 0 Å². The highest BCUT2D eigenvalue weighted by Gasteiger charge is 2.19. The van der Waals surface area contributed by atoms with Crippen LogP contribution in [0.5, 0.6) is 5.75 Å². The minimum absolute atomic E-state index is 0.251. The number of amides is 1. The molecule has 0 spiro atoms. The maximum absolute atomic E-state index is 12.5. The molecule has 5 rings (SSSR count). The normalized spacial score (nSPS) is 14.3. The van der Waals surface area contributed by atoms with Crippen LogP contribution in [-0.4, -0.2) is 46.2 Å². The van der Waals surface area contributed by atoms with Gasteiger partial charge in [-0.2, -0.15) is 0 Å². The van der Waals surface area contributed by atoms with Gasteiger partial charge in [0, 0.05) is 41.4 Å². The molecule has 0 fully saturated rings. The van der Waals surface area contributed by atoms with Gasteiger partial charge < -0.3 is 15.0 Å². The van der Waals surface area contributed by atoms with E-state index >= 15 is 0 Å². The average Bonchev–Trinajstić information content (AvgIpc) is 3.48. The lowest BCUT2D eigenvalue weighted by Gasteiger charge is -2.25. The van der Waals surface area contributed by atoms with Crippen LogP contribution in [0, 0.1) is 0 Å². The molecule has 2 aromatic heterocycles. The monoisotopic (exact) mass is 445 g/mol. The zero-order chi connectivity index (χ0) is 21.9. The number of ether oxygens (including phenoxy) is 1. The molecule has 162 valence electrons. The van der Waals surface area contributed by atoms with Crippen molar-refractivity contribution in [3.05, 3.63) is 76.4 Å². The van der Waals surface area contributed by atoms with Gasteiger partial charge in [-0.05, 0) is 42.3 Å². The summed E-state index contributed by atoms with van der Waals surface area (Å²) in [5, 5.41) is 13.6. The molecular formula is C24H23N5O2S.